The zero-order valence-corrected chi connectivity index (χ0v) is 7.39. The van der Waals surface area contributed by atoms with Crippen LogP contribution >= 0.6 is 0 Å². The van der Waals surface area contributed by atoms with E-state index in [2.05, 4.69) is 44.3 Å². The lowest BCUT2D eigenvalue weighted by Gasteiger charge is -2.09. The Kier molecular flexibility index (Phi) is 2.53. The first-order valence-corrected chi connectivity index (χ1v) is 4.01. The Labute approximate surface area is 68.5 Å². The Morgan fingerprint density at radius 3 is 2.73 bits per heavy atom. The molecule has 0 aromatic heterocycles. The summed E-state index contributed by atoms with van der Waals surface area (Å²) in [5.41, 5.74) is 2.51. The number of dihydropyridines is 1. The smallest absolute Gasteiger partial charge is 0.0344 e. The molecule has 0 radical (unpaired) electrons. The molecule has 1 aliphatic heterocycles. The van der Waals surface area contributed by atoms with Crippen molar-refractivity contribution in [3.63, 3.8) is 0 Å². The van der Waals surface area contributed by atoms with Crippen molar-refractivity contribution in [3.05, 3.63) is 35.7 Å². The third kappa shape index (κ3) is 2.62. The monoisotopic (exact) mass is 149 g/mol. The molecule has 60 valence electrons. The van der Waals surface area contributed by atoms with Crippen LogP contribution in [0.15, 0.2) is 35.7 Å². The Bertz CT molecular complexity index is 219. The molecule has 0 aromatic carbocycles. The van der Waals surface area contributed by atoms with Gasteiger partial charge in [0.05, 0.1) is 0 Å². The van der Waals surface area contributed by atoms with Crippen LogP contribution in [0, 0.1) is 5.92 Å². The molecule has 0 aliphatic carbocycles. The minimum Gasteiger partial charge on any atom is -0.362 e. The molecule has 1 heterocycles. The first-order chi connectivity index (χ1) is 5.18. The van der Waals surface area contributed by atoms with Gasteiger partial charge < -0.3 is 5.32 Å². The largest absolute Gasteiger partial charge is 0.362 e. The average molecular weight is 149 g/mol. The van der Waals surface area contributed by atoms with Gasteiger partial charge in [-0.1, -0.05) is 19.9 Å². The molecule has 1 N–H and O–H groups in total. The number of hydrogen-bond acceptors (Lipinski definition) is 1. The number of rotatable bonds is 1. The van der Waals surface area contributed by atoms with Gasteiger partial charge in [0.1, 0.15) is 0 Å². The first kappa shape index (κ1) is 8.12. The molecular formula is C10H15N. The van der Waals surface area contributed by atoms with E-state index in [0.717, 1.165) is 0 Å². The molecule has 0 atom stereocenters. The third-order valence-electron chi connectivity index (χ3n) is 1.49. The van der Waals surface area contributed by atoms with Gasteiger partial charge in [-0.05, 0) is 30.6 Å². The quantitative estimate of drug-likeness (QED) is 0.604. The highest BCUT2D eigenvalue weighted by atomic mass is 14.8. The van der Waals surface area contributed by atoms with E-state index in [4.69, 9.17) is 0 Å². The van der Waals surface area contributed by atoms with E-state index in [-0.39, 0.29) is 0 Å². The van der Waals surface area contributed by atoms with Crippen molar-refractivity contribution in [1.82, 2.24) is 5.32 Å². The molecule has 0 unspecified atom stereocenters. The molecule has 0 bridgehead atoms. The van der Waals surface area contributed by atoms with Gasteiger partial charge in [0.15, 0.2) is 0 Å². The number of hydrogen-bond donors (Lipinski definition) is 1. The Balaban J connectivity index is 2.70. The summed E-state index contributed by atoms with van der Waals surface area (Å²) in [5, 5.41) is 3.18. The van der Waals surface area contributed by atoms with Crippen molar-refractivity contribution in [2.24, 2.45) is 5.92 Å². The molecule has 0 saturated heterocycles. The van der Waals surface area contributed by atoms with E-state index >= 15 is 0 Å². The molecule has 1 heteroatoms. The van der Waals surface area contributed by atoms with Gasteiger partial charge in [-0.2, -0.15) is 0 Å². The maximum Gasteiger partial charge on any atom is 0.0344 e. The van der Waals surface area contributed by atoms with Crippen molar-refractivity contribution >= 4 is 0 Å². The van der Waals surface area contributed by atoms with E-state index in [1.807, 2.05) is 6.20 Å². The predicted molar refractivity (Wildman–Crippen MR) is 49.0 cm³/mol. The summed E-state index contributed by atoms with van der Waals surface area (Å²) in [4.78, 5) is 0. The lowest BCUT2D eigenvalue weighted by atomic mass is 10.1. The summed E-state index contributed by atoms with van der Waals surface area (Å²) in [7, 11) is 0. The molecular weight excluding hydrogens is 134 g/mol. The summed E-state index contributed by atoms with van der Waals surface area (Å²) in [6, 6.07) is 0. The molecule has 0 amide bonds. The van der Waals surface area contributed by atoms with Gasteiger partial charge in [-0.3, -0.25) is 0 Å². The fourth-order valence-corrected chi connectivity index (χ4v) is 1.06. The highest BCUT2D eigenvalue weighted by Gasteiger charge is 1.96. The minimum atomic E-state index is 0.605. The third-order valence-corrected chi connectivity index (χ3v) is 1.49. The van der Waals surface area contributed by atoms with Gasteiger partial charge in [-0.25, -0.2) is 0 Å². The summed E-state index contributed by atoms with van der Waals surface area (Å²) >= 11 is 0. The second kappa shape index (κ2) is 3.42. The van der Waals surface area contributed by atoms with Gasteiger partial charge in [0.25, 0.3) is 0 Å². The van der Waals surface area contributed by atoms with Gasteiger partial charge in [-0.15, -0.1) is 0 Å². The van der Waals surface area contributed by atoms with Crippen LogP contribution in [0.1, 0.15) is 20.8 Å². The average Bonchev–Trinajstić information content (AvgIpc) is 1.85. The second-order valence-corrected chi connectivity index (χ2v) is 3.23. The normalized spacial score (nSPS) is 20.4. The number of allylic oxidation sites excluding steroid dienone is 4. The van der Waals surface area contributed by atoms with Crippen molar-refractivity contribution in [2.75, 3.05) is 0 Å². The minimum absolute atomic E-state index is 0.605. The van der Waals surface area contributed by atoms with E-state index in [9.17, 15) is 0 Å². The van der Waals surface area contributed by atoms with Crippen LogP contribution in [-0.4, -0.2) is 0 Å². The Hall–Kier alpha value is -0.980. The topological polar surface area (TPSA) is 12.0 Å². The second-order valence-electron chi connectivity index (χ2n) is 3.23. The molecule has 0 saturated carbocycles. The van der Waals surface area contributed by atoms with Crippen molar-refractivity contribution in [1.29, 1.82) is 0 Å². The highest BCUT2D eigenvalue weighted by Crippen LogP contribution is 2.08. The zero-order chi connectivity index (χ0) is 8.27. The summed E-state index contributed by atoms with van der Waals surface area (Å²) < 4.78 is 0. The van der Waals surface area contributed by atoms with Gasteiger partial charge in [0, 0.05) is 11.9 Å². The summed E-state index contributed by atoms with van der Waals surface area (Å²) in [6.07, 6.45) is 8.41. The van der Waals surface area contributed by atoms with E-state index in [1.54, 1.807) is 0 Å². The fourth-order valence-electron chi connectivity index (χ4n) is 1.06. The maximum absolute atomic E-state index is 3.18. The maximum atomic E-state index is 3.18. The summed E-state index contributed by atoms with van der Waals surface area (Å²) in [6.45, 7) is 6.46. The molecule has 1 aliphatic rings. The molecule has 0 spiro atoms. The highest BCUT2D eigenvalue weighted by molar-refractivity contribution is 5.33. The van der Waals surface area contributed by atoms with Crippen LogP contribution in [0.5, 0.6) is 0 Å². The van der Waals surface area contributed by atoms with E-state index in [1.165, 1.54) is 11.3 Å². The standard InChI is InChI=1S/C10H15N/c1-8(2)6-10-7-9(3)4-5-11-10/h4-8,11H,1-3H3/b10-6+. The fraction of sp³-hybridized carbons (Fsp3) is 0.400. The lowest BCUT2D eigenvalue weighted by molar-refractivity contribution is 0.813. The molecule has 0 aromatic rings. The SMILES string of the molecule is CC1=C/C(=C\C(C)C)NC=C1. The van der Waals surface area contributed by atoms with E-state index in [0.29, 0.717) is 5.92 Å². The zero-order valence-electron chi connectivity index (χ0n) is 7.39. The Morgan fingerprint density at radius 2 is 2.18 bits per heavy atom. The Morgan fingerprint density at radius 1 is 1.45 bits per heavy atom. The predicted octanol–water partition coefficient (Wildman–Crippen LogP) is 2.59. The lowest BCUT2D eigenvalue weighted by Crippen LogP contribution is -2.07. The van der Waals surface area contributed by atoms with Crippen LogP contribution in [0.25, 0.3) is 0 Å². The summed E-state index contributed by atoms with van der Waals surface area (Å²) in [5.74, 6) is 0.605. The molecule has 11 heavy (non-hydrogen) atoms. The van der Waals surface area contributed by atoms with Crippen LogP contribution in [0.3, 0.4) is 0 Å². The van der Waals surface area contributed by atoms with Crippen LogP contribution < -0.4 is 5.32 Å². The van der Waals surface area contributed by atoms with Crippen LogP contribution in [0.2, 0.25) is 0 Å². The molecule has 1 nitrogen and oxygen atoms in total. The van der Waals surface area contributed by atoms with Crippen molar-refractivity contribution in [3.8, 4) is 0 Å². The van der Waals surface area contributed by atoms with E-state index < -0.39 is 0 Å². The van der Waals surface area contributed by atoms with Crippen LogP contribution in [-0.2, 0) is 0 Å². The van der Waals surface area contributed by atoms with Gasteiger partial charge >= 0.3 is 0 Å². The number of nitrogens with one attached hydrogen (secondary N) is 1. The van der Waals surface area contributed by atoms with Crippen molar-refractivity contribution in [2.45, 2.75) is 20.8 Å². The first-order valence-electron chi connectivity index (χ1n) is 4.01. The molecule has 1 rings (SSSR count). The van der Waals surface area contributed by atoms with Gasteiger partial charge in [0.2, 0.25) is 0 Å². The van der Waals surface area contributed by atoms with Crippen LogP contribution in [0.4, 0.5) is 0 Å². The molecule has 0 fully saturated rings. The van der Waals surface area contributed by atoms with Crippen molar-refractivity contribution < 1.29 is 0 Å².